The van der Waals surface area contributed by atoms with E-state index in [4.69, 9.17) is 5.73 Å². The van der Waals surface area contributed by atoms with Gasteiger partial charge in [-0.2, -0.15) is 0 Å². The van der Waals surface area contributed by atoms with Crippen LogP contribution in [0.3, 0.4) is 0 Å². The average molecular weight is 248 g/mol. The summed E-state index contributed by atoms with van der Waals surface area (Å²) < 4.78 is 0. The lowest BCUT2D eigenvalue weighted by Crippen LogP contribution is -2.61. The lowest BCUT2D eigenvalue weighted by atomic mass is 9.64. The second kappa shape index (κ2) is 4.28. The SMILES string of the molecule is Cc1c(N)cccc1C(=O)NC1CC(O)C1(C)C. The molecule has 0 aliphatic heterocycles. The third-order valence-corrected chi connectivity index (χ3v) is 4.14. The second-order valence-electron chi connectivity index (χ2n) is 5.62. The van der Waals surface area contributed by atoms with Crippen LogP contribution in [0, 0.1) is 12.3 Å². The number of nitrogens with two attached hydrogens (primary N) is 1. The molecular weight excluding hydrogens is 228 g/mol. The van der Waals surface area contributed by atoms with Crippen molar-refractivity contribution in [3.63, 3.8) is 0 Å². The third kappa shape index (κ3) is 1.97. The number of hydrogen-bond donors (Lipinski definition) is 3. The molecule has 1 aliphatic rings. The van der Waals surface area contributed by atoms with Crippen molar-refractivity contribution in [3.05, 3.63) is 29.3 Å². The first-order valence-electron chi connectivity index (χ1n) is 6.18. The molecular formula is C14H20N2O2. The molecule has 1 aliphatic carbocycles. The lowest BCUT2D eigenvalue weighted by Gasteiger charge is -2.49. The fraction of sp³-hybridized carbons (Fsp3) is 0.500. The maximum atomic E-state index is 12.2. The number of benzene rings is 1. The van der Waals surface area contributed by atoms with Crippen LogP contribution in [0.5, 0.6) is 0 Å². The molecule has 0 bridgehead atoms. The summed E-state index contributed by atoms with van der Waals surface area (Å²) in [7, 11) is 0. The summed E-state index contributed by atoms with van der Waals surface area (Å²) >= 11 is 0. The van der Waals surface area contributed by atoms with Crippen molar-refractivity contribution >= 4 is 11.6 Å². The van der Waals surface area contributed by atoms with Crippen LogP contribution in [-0.2, 0) is 0 Å². The highest BCUT2D eigenvalue weighted by molar-refractivity contribution is 5.97. The zero-order valence-electron chi connectivity index (χ0n) is 11.0. The first kappa shape index (κ1) is 12.9. The molecule has 1 aromatic carbocycles. The highest BCUT2D eigenvalue weighted by atomic mass is 16.3. The topological polar surface area (TPSA) is 75.4 Å². The number of amides is 1. The summed E-state index contributed by atoms with van der Waals surface area (Å²) in [6, 6.07) is 5.34. The predicted molar refractivity (Wildman–Crippen MR) is 71.3 cm³/mol. The van der Waals surface area contributed by atoms with Crippen molar-refractivity contribution in [2.75, 3.05) is 5.73 Å². The predicted octanol–water partition coefficient (Wildman–Crippen LogP) is 1.47. The quantitative estimate of drug-likeness (QED) is 0.694. The zero-order valence-corrected chi connectivity index (χ0v) is 11.0. The van der Waals surface area contributed by atoms with Gasteiger partial charge in [-0.1, -0.05) is 19.9 Å². The highest BCUT2D eigenvalue weighted by Gasteiger charge is 2.48. The Morgan fingerprint density at radius 2 is 2.17 bits per heavy atom. The molecule has 0 radical (unpaired) electrons. The minimum Gasteiger partial charge on any atom is -0.398 e. The van der Waals surface area contributed by atoms with Gasteiger partial charge >= 0.3 is 0 Å². The van der Waals surface area contributed by atoms with Crippen LogP contribution >= 0.6 is 0 Å². The van der Waals surface area contributed by atoms with Gasteiger partial charge in [-0.25, -0.2) is 0 Å². The van der Waals surface area contributed by atoms with Gasteiger partial charge < -0.3 is 16.2 Å². The monoisotopic (exact) mass is 248 g/mol. The van der Waals surface area contributed by atoms with Crippen LogP contribution in [0.4, 0.5) is 5.69 Å². The van der Waals surface area contributed by atoms with Crippen molar-refractivity contribution in [2.24, 2.45) is 5.41 Å². The molecule has 2 unspecified atom stereocenters. The number of carbonyl (C=O) groups excluding carboxylic acids is 1. The summed E-state index contributed by atoms with van der Waals surface area (Å²) in [5.74, 6) is -0.121. The first-order chi connectivity index (χ1) is 8.34. The fourth-order valence-corrected chi connectivity index (χ4v) is 2.28. The molecule has 1 saturated carbocycles. The number of aliphatic hydroxyl groups is 1. The van der Waals surface area contributed by atoms with E-state index in [2.05, 4.69) is 5.32 Å². The molecule has 18 heavy (non-hydrogen) atoms. The average Bonchev–Trinajstić information content (AvgIpc) is 2.32. The summed E-state index contributed by atoms with van der Waals surface area (Å²) in [5, 5.41) is 12.6. The Morgan fingerprint density at radius 1 is 1.50 bits per heavy atom. The normalized spacial score (nSPS) is 25.3. The molecule has 4 nitrogen and oxygen atoms in total. The van der Waals surface area contributed by atoms with E-state index in [1.54, 1.807) is 18.2 Å². The molecule has 4 N–H and O–H groups in total. The van der Waals surface area contributed by atoms with Crippen molar-refractivity contribution in [2.45, 2.75) is 39.3 Å². The molecule has 4 heteroatoms. The number of nitrogens with one attached hydrogen (secondary N) is 1. The molecule has 2 rings (SSSR count). The minimum absolute atomic E-state index is 0.0147. The van der Waals surface area contributed by atoms with Gasteiger partial charge in [0.25, 0.3) is 5.91 Å². The van der Waals surface area contributed by atoms with Gasteiger partial charge in [0.1, 0.15) is 0 Å². The van der Waals surface area contributed by atoms with Crippen LogP contribution in [0.15, 0.2) is 18.2 Å². The summed E-state index contributed by atoms with van der Waals surface area (Å²) in [4.78, 5) is 12.2. The largest absolute Gasteiger partial charge is 0.398 e. The van der Waals surface area contributed by atoms with Crippen LogP contribution in [-0.4, -0.2) is 23.2 Å². The van der Waals surface area contributed by atoms with Crippen molar-refractivity contribution in [1.29, 1.82) is 0 Å². The van der Waals surface area contributed by atoms with Gasteiger partial charge in [0.05, 0.1) is 6.10 Å². The summed E-state index contributed by atoms with van der Waals surface area (Å²) in [6.45, 7) is 5.75. The second-order valence-corrected chi connectivity index (χ2v) is 5.62. The third-order valence-electron chi connectivity index (χ3n) is 4.14. The maximum Gasteiger partial charge on any atom is 0.251 e. The number of nitrogen functional groups attached to an aromatic ring is 1. The van der Waals surface area contributed by atoms with Gasteiger partial charge in [-0.05, 0) is 31.0 Å². The van der Waals surface area contributed by atoms with E-state index in [1.807, 2.05) is 20.8 Å². The van der Waals surface area contributed by atoms with Gasteiger partial charge in [-0.3, -0.25) is 4.79 Å². The van der Waals surface area contributed by atoms with E-state index in [9.17, 15) is 9.90 Å². The van der Waals surface area contributed by atoms with E-state index < -0.39 is 0 Å². The summed E-state index contributed by atoms with van der Waals surface area (Å²) in [5.41, 5.74) is 7.55. The molecule has 0 spiro atoms. The van der Waals surface area contributed by atoms with E-state index in [0.717, 1.165) is 5.56 Å². The van der Waals surface area contributed by atoms with Crippen LogP contribution < -0.4 is 11.1 Å². The van der Waals surface area contributed by atoms with Gasteiger partial charge in [0.15, 0.2) is 0 Å². The van der Waals surface area contributed by atoms with E-state index in [-0.39, 0.29) is 23.5 Å². The van der Waals surface area contributed by atoms with Crippen molar-refractivity contribution in [1.82, 2.24) is 5.32 Å². The number of anilines is 1. The van der Waals surface area contributed by atoms with Crippen molar-refractivity contribution in [3.8, 4) is 0 Å². The molecule has 1 amide bonds. The molecule has 0 aromatic heterocycles. The number of carbonyl (C=O) groups is 1. The molecule has 1 fully saturated rings. The maximum absolute atomic E-state index is 12.2. The smallest absolute Gasteiger partial charge is 0.251 e. The Kier molecular flexibility index (Phi) is 3.07. The molecule has 98 valence electrons. The highest BCUT2D eigenvalue weighted by Crippen LogP contribution is 2.40. The number of rotatable bonds is 2. The lowest BCUT2D eigenvalue weighted by molar-refractivity contribution is -0.0689. The molecule has 1 aromatic rings. The minimum atomic E-state index is -0.343. The van der Waals surface area contributed by atoms with Crippen molar-refractivity contribution < 1.29 is 9.90 Å². The van der Waals surface area contributed by atoms with E-state index >= 15 is 0 Å². The van der Waals surface area contributed by atoms with Gasteiger partial charge in [0.2, 0.25) is 0 Å². The summed E-state index contributed by atoms with van der Waals surface area (Å²) in [6.07, 6.45) is 0.268. The van der Waals surface area contributed by atoms with E-state index in [0.29, 0.717) is 17.7 Å². The first-order valence-corrected chi connectivity index (χ1v) is 6.18. The Morgan fingerprint density at radius 3 is 2.72 bits per heavy atom. The zero-order chi connectivity index (χ0) is 13.5. The number of aliphatic hydroxyl groups excluding tert-OH is 1. The Balaban J connectivity index is 2.12. The Hall–Kier alpha value is -1.55. The molecule has 0 saturated heterocycles. The molecule has 0 heterocycles. The Labute approximate surface area is 107 Å². The van der Waals surface area contributed by atoms with Gasteiger partial charge in [0, 0.05) is 22.7 Å². The Bertz CT molecular complexity index is 483. The van der Waals surface area contributed by atoms with E-state index in [1.165, 1.54) is 0 Å². The van der Waals surface area contributed by atoms with Gasteiger partial charge in [-0.15, -0.1) is 0 Å². The molecule has 2 atom stereocenters. The van der Waals surface area contributed by atoms with Crippen LogP contribution in [0.1, 0.15) is 36.2 Å². The standard InChI is InChI=1S/C14H20N2O2/c1-8-9(5-4-6-10(8)15)13(18)16-11-7-12(17)14(11,2)3/h4-6,11-12,17H,7,15H2,1-3H3,(H,16,18). The van der Waals surface area contributed by atoms with Crippen LogP contribution in [0.25, 0.3) is 0 Å². The van der Waals surface area contributed by atoms with Crippen LogP contribution in [0.2, 0.25) is 0 Å². The fourth-order valence-electron chi connectivity index (χ4n) is 2.28. The number of hydrogen-bond acceptors (Lipinski definition) is 3.